The molecule has 24 heavy (non-hydrogen) atoms. The van der Waals surface area contributed by atoms with E-state index in [0.29, 0.717) is 29.5 Å². The standard InChI is InChI=1S/C18H16O5S/c1-11(19)13-7-8-16-14(9-13)5-3-12-4-6-15(18(20)23-2)10-17(12)24(16,21)22/h4,6-10H,3,5H2,1-2H3. The highest BCUT2D eigenvalue weighted by Gasteiger charge is 2.28. The van der Waals surface area contributed by atoms with E-state index in [1.54, 1.807) is 18.2 Å². The first-order valence-corrected chi connectivity index (χ1v) is 8.93. The number of methoxy groups -OCH3 is 1. The van der Waals surface area contributed by atoms with Crippen LogP contribution in [0.1, 0.15) is 38.8 Å². The maximum absolute atomic E-state index is 13.0. The van der Waals surface area contributed by atoms with E-state index in [1.165, 1.54) is 32.2 Å². The molecule has 0 fully saturated rings. The molecule has 1 aliphatic rings. The van der Waals surface area contributed by atoms with Gasteiger partial charge >= 0.3 is 5.97 Å². The summed E-state index contributed by atoms with van der Waals surface area (Å²) in [5.74, 6) is -0.686. The minimum Gasteiger partial charge on any atom is -0.465 e. The van der Waals surface area contributed by atoms with Crippen molar-refractivity contribution in [3.05, 3.63) is 58.7 Å². The van der Waals surface area contributed by atoms with E-state index in [4.69, 9.17) is 0 Å². The Labute approximate surface area is 140 Å². The number of fused-ring (bicyclic) bond motifs is 2. The Kier molecular flexibility index (Phi) is 4.01. The molecule has 0 radical (unpaired) electrons. The van der Waals surface area contributed by atoms with Gasteiger partial charge in [0.05, 0.1) is 22.5 Å². The highest BCUT2D eigenvalue weighted by molar-refractivity contribution is 7.91. The first-order valence-electron chi connectivity index (χ1n) is 7.45. The third-order valence-electron chi connectivity index (χ3n) is 4.20. The van der Waals surface area contributed by atoms with Crippen molar-refractivity contribution in [2.75, 3.05) is 7.11 Å². The molecule has 1 aliphatic heterocycles. The van der Waals surface area contributed by atoms with Crippen LogP contribution in [0.15, 0.2) is 46.2 Å². The SMILES string of the molecule is COC(=O)c1ccc2c(c1)S(=O)(=O)c1ccc(C(C)=O)cc1CC2. The minimum atomic E-state index is -3.76. The molecule has 124 valence electrons. The molecule has 1 heterocycles. The normalized spacial score (nSPS) is 14.9. The first kappa shape index (κ1) is 16.4. The first-order chi connectivity index (χ1) is 11.3. The molecule has 0 saturated carbocycles. The molecule has 2 aromatic carbocycles. The zero-order valence-electron chi connectivity index (χ0n) is 13.3. The van der Waals surface area contributed by atoms with Crippen molar-refractivity contribution in [3.63, 3.8) is 0 Å². The van der Waals surface area contributed by atoms with Crippen LogP contribution in [0.25, 0.3) is 0 Å². The number of esters is 1. The van der Waals surface area contributed by atoms with Gasteiger partial charge in [0.2, 0.25) is 9.84 Å². The average molecular weight is 344 g/mol. The largest absolute Gasteiger partial charge is 0.465 e. The van der Waals surface area contributed by atoms with Gasteiger partial charge in [-0.05, 0) is 55.2 Å². The lowest BCUT2D eigenvalue weighted by atomic mass is 10.0. The van der Waals surface area contributed by atoms with E-state index in [-0.39, 0.29) is 21.1 Å². The number of aryl methyl sites for hydroxylation is 2. The molecule has 0 saturated heterocycles. The summed E-state index contributed by atoms with van der Waals surface area (Å²) in [7, 11) is -2.51. The summed E-state index contributed by atoms with van der Waals surface area (Å²) < 4.78 is 30.7. The van der Waals surface area contributed by atoms with Crippen LogP contribution in [0.5, 0.6) is 0 Å². The van der Waals surface area contributed by atoms with Crippen LogP contribution in [0.2, 0.25) is 0 Å². The summed E-state index contributed by atoms with van der Waals surface area (Å²) in [4.78, 5) is 23.6. The minimum absolute atomic E-state index is 0.107. The van der Waals surface area contributed by atoms with Crippen LogP contribution in [-0.4, -0.2) is 27.3 Å². The molecular weight excluding hydrogens is 328 g/mol. The Hall–Kier alpha value is -2.47. The summed E-state index contributed by atoms with van der Waals surface area (Å²) in [5, 5.41) is 0. The third kappa shape index (κ3) is 2.63. The second-order valence-corrected chi connectivity index (χ2v) is 7.58. The topological polar surface area (TPSA) is 77.5 Å². The average Bonchev–Trinajstić information content (AvgIpc) is 2.68. The quantitative estimate of drug-likeness (QED) is 0.618. The number of benzene rings is 2. The second kappa shape index (κ2) is 5.87. The van der Waals surface area contributed by atoms with Crippen LogP contribution in [0, 0.1) is 0 Å². The van der Waals surface area contributed by atoms with E-state index in [9.17, 15) is 18.0 Å². The van der Waals surface area contributed by atoms with Gasteiger partial charge in [-0.2, -0.15) is 0 Å². The molecular formula is C18H16O5S. The number of sulfone groups is 1. The Bertz CT molecular complexity index is 957. The zero-order valence-corrected chi connectivity index (χ0v) is 14.1. The molecule has 0 bridgehead atoms. The van der Waals surface area contributed by atoms with E-state index in [2.05, 4.69) is 4.74 Å². The van der Waals surface area contributed by atoms with Gasteiger partial charge < -0.3 is 4.74 Å². The Morgan fingerprint density at radius 1 is 0.917 bits per heavy atom. The predicted molar refractivity (Wildman–Crippen MR) is 87.1 cm³/mol. The van der Waals surface area contributed by atoms with Crippen molar-refractivity contribution in [3.8, 4) is 0 Å². The van der Waals surface area contributed by atoms with Crippen LogP contribution in [-0.2, 0) is 27.4 Å². The molecule has 5 nitrogen and oxygen atoms in total. The van der Waals surface area contributed by atoms with Gasteiger partial charge in [-0.3, -0.25) is 4.79 Å². The Morgan fingerprint density at radius 2 is 1.58 bits per heavy atom. The summed E-state index contributed by atoms with van der Waals surface area (Å²) >= 11 is 0. The molecule has 0 spiro atoms. The van der Waals surface area contributed by atoms with Gasteiger partial charge in [-0.25, -0.2) is 13.2 Å². The van der Waals surface area contributed by atoms with Gasteiger partial charge in [0, 0.05) is 5.56 Å². The van der Waals surface area contributed by atoms with Crippen LogP contribution in [0.4, 0.5) is 0 Å². The van der Waals surface area contributed by atoms with Gasteiger partial charge in [-0.15, -0.1) is 0 Å². The number of rotatable bonds is 2. The highest BCUT2D eigenvalue weighted by atomic mass is 32.2. The number of hydrogen-bond acceptors (Lipinski definition) is 5. The molecule has 3 rings (SSSR count). The lowest BCUT2D eigenvalue weighted by Crippen LogP contribution is -2.08. The van der Waals surface area contributed by atoms with E-state index < -0.39 is 15.8 Å². The number of ether oxygens (including phenoxy) is 1. The summed E-state index contributed by atoms with van der Waals surface area (Å²) in [6, 6.07) is 9.22. The Morgan fingerprint density at radius 3 is 2.25 bits per heavy atom. The van der Waals surface area contributed by atoms with E-state index in [0.717, 1.165) is 0 Å². The molecule has 2 aromatic rings. The molecule has 0 atom stereocenters. The maximum Gasteiger partial charge on any atom is 0.337 e. The number of carbonyl (C=O) groups excluding carboxylic acids is 2. The molecule has 0 unspecified atom stereocenters. The summed E-state index contributed by atoms with van der Waals surface area (Å²) in [6.07, 6.45) is 1.03. The van der Waals surface area contributed by atoms with Crippen LogP contribution >= 0.6 is 0 Å². The van der Waals surface area contributed by atoms with Gasteiger partial charge in [0.25, 0.3) is 0 Å². The van der Waals surface area contributed by atoms with E-state index >= 15 is 0 Å². The van der Waals surface area contributed by atoms with Crippen molar-refractivity contribution in [1.29, 1.82) is 0 Å². The highest BCUT2D eigenvalue weighted by Crippen LogP contribution is 2.33. The number of ketones is 1. The van der Waals surface area contributed by atoms with Gasteiger partial charge in [0.15, 0.2) is 5.78 Å². The molecule has 0 N–H and O–H groups in total. The van der Waals surface area contributed by atoms with E-state index in [1.807, 2.05) is 0 Å². The molecule has 0 amide bonds. The second-order valence-electron chi connectivity index (χ2n) is 5.70. The molecule has 0 aromatic heterocycles. The summed E-state index contributed by atoms with van der Waals surface area (Å²) in [5.41, 5.74) is 1.97. The van der Waals surface area contributed by atoms with Gasteiger partial charge in [0.1, 0.15) is 0 Å². The van der Waals surface area contributed by atoms with Crippen molar-refractivity contribution < 1.29 is 22.7 Å². The van der Waals surface area contributed by atoms with Crippen LogP contribution < -0.4 is 0 Å². The third-order valence-corrected chi connectivity index (χ3v) is 6.13. The van der Waals surface area contributed by atoms with Crippen molar-refractivity contribution in [2.45, 2.75) is 29.6 Å². The Balaban J connectivity index is 2.21. The number of hydrogen-bond donors (Lipinski definition) is 0. The van der Waals surface area contributed by atoms with Crippen LogP contribution in [0.3, 0.4) is 0 Å². The molecule has 0 aliphatic carbocycles. The van der Waals surface area contributed by atoms with Gasteiger partial charge in [-0.1, -0.05) is 12.1 Å². The fraction of sp³-hybridized carbons (Fsp3) is 0.222. The smallest absolute Gasteiger partial charge is 0.337 e. The fourth-order valence-electron chi connectivity index (χ4n) is 2.90. The fourth-order valence-corrected chi connectivity index (χ4v) is 4.69. The lowest BCUT2D eigenvalue weighted by molar-refractivity contribution is 0.0600. The maximum atomic E-state index is 13.0. The lowest BCUT2D eigenvalue weighted by Gasteiger charge is -2.10. The summed E-state index contributed by atoms with van der Waals surface area (Å²) in [6.45, 7) is 1.45. The molecule has 6 heteroatoms. The zero-order chi connectivity index (χ0) is 17.5. The van der Waals surface area contributed by atoms with Crippen molar-refractivity contribution >= 4 is 21.6 Å². The predicted octanol–water partition coefficient (Wildman–Crippen LogP) is 2.61. The number of Topliss-reactive ketones (excluding diaryl/α,β-unsaturated/α-hetero) is 1. The number of carbonyl (C=O) groups is 2. The van der Waals surface area contributed by atoms with Crippen molar-refractivity contribution in [2.24, 2.45) is 0 Å². The monoisotopic (exact) mass is 344 g/mol. The van der Waals surface area contributed by atoms with Crippen molar-refractivity contribution in [1.82, 2.24) is 0 Å².